The lowest BCUT2D eigenvalue weighted by Gasteiger charge is -2.34. The Morgan fingerprint density at radius 2 is 1.80 bits per heavy atom. The summed E-state index contributed by atoms with van der Waals surface area (Å²) >= 11 is 0. The van der Waals surface area contributed by atoms with Crippen LogP contribution in [-0.2, 0) is 6.54 Å². The predicted molar refractivity (Wildman–Crippen MR) is 92.8 cm³/mol. The van der Waals surface area contributed by atoms with Gasteiger partial charge in [0.25, 0.3) is 5.91 Å². The molecule has 3 heterocycles. The van der Waals surface area contributed by atoms with Crippen LogP contribution < -0.4 is 9.47 Å². The third kappa shape index (κ3) is 3.58. The summed E-state index contributed by atoms with van der Waals surface area (Å²) < 4.78 is 11.1. The summed E-state index contributed by atoms with van der Waals surface area (Å²) in [5.41, 5.74) is 1.72. The van der Waals surface area contributed by atoms with Crippen molar-refractivity contribution in [2.24, 2.45) is 0 Å². The van der Waals surface area contributed by atoms with Crippen molar-refractivity contribution in [3.05, 3.63) is 53.9 Å². The van der Waals surface area contributed by atoms with Gasteiger partial charge >= 0.3 is 0 Å². The van der Waals surface area contributed by atoms with Crippen molar-refractivity contribution >= 4 is 5.91 Å². The summed E-state index contributed by atoms with van der Waals surface area (Å²) in [6.45, 7) is 5.06. The summed E-state index contributed by atoms with van der Waals surface area (Å²) in [6.07, 6.45) is 1.82. The summed E-state index contributed by atoms with van der Waals surface area (Å²) in [7, 11) is 0. The second-order valence-electron chi connectivity index (χ2n) is 6.25. The first kappa shape index (κ1) is 15.9. The first-order valence-electron chi connectivity index (χ1n) is 8.61. The van der Waals surface area contributed by atoms with Gasteiger partial charge in [0.05, 0.1) is 5.69 Å². The largest absolute Gasteiger partial charge is 0.486 e. The van der Waals surface area contributed by atoms with E-state index >= 15 is 0 Å². The average molecular weight is 339 g/mol. The molecule has 1 aromatic carbocycles. The molecule has 0 bridgehead atoms. The molecule has 0 N–H and O–H groups in total. The van der Waals surface area contributed by atoms with Crippen LogP contribution in [0.1, 0.15) is 16.1 Å². The van der Waals surface area contributed by atoms with E-state index in [-0.39, 0.29) is 5.91 Å². The number of carbonyl (C=O) groups is 1. The van der Waals surface area contributed by atoms with Crippen LogP contribution >= 0.6 is 0 Å². The maximum Gasteiger partial charge on any atom is 0.254 e. The molecule has 1 amide bonds. The Bertz CT molecular complexity index is 743. The molecule has 2 aliphatic rings. The van der Waals surface area contributed by atoms with Gasteiger partial charge in [0, 0.05) is 44.5 Å². The number of hydrogen-bond donors (Lipinski definition) is 0. The number of carbonyl (C=O) groups excluding carboxylic acids is 1. The van der Waals surface area contributed by atoms with Gasteiger partial charge in [-0.2, -0.15) is 0 Å². The Morgan fingerprint density at radius 3 is 2.56 bits per heavy atom. The molecule has 0 unspecified atom stereocenters. The van der Waals surface area contributed by atoms with Crippen LogP contribution in [0.15, 0.2) is 42.6 Å². The molecule has 25 heavy (non-hydrogen) atoms. The Morgan fingerprint density at radius 1 is 1.00 bits per heavy atom. The van der Waals surface area contributed by atoms with E-state index in [1.165, 1.54) is 0 Å². The molecule has 1 saturated heterocycles. The number of nitrogens with zero attached hydrogens (tertiary/aromatic N) is 3. The number of pyridine rings is 1. The van der Waals surface area contributed by atoms with Crippen molar-refractivity contribution in [1.29, 1.82) is 0 Å². The summed E-state index contributed by atoms with van der Waals surface area (Å²) in [5, 5.41) is 0. The average Bonchev–Trinajstić information content (AvgIpc) is 2.68. The highest BCUT2D eigenvalue weighted by Gasteiger charge is 2.23. The maximum absolute atomic E-state index is 12.7. The Labute approximate surface area is 147 Å². The molecule has 0 atom stereocenters. The van der Waals surface area contributed by atoms with Crippen molar-refractivity contribution in [2.45, 2.75) is 6.54 Å². The molecule has 0 aliphatic carbocycles. The minimum absolute atomic E-state index is 0.0504. The number of piperazine rings is 1. The first-order valence-corrected chi connectivity index (χ1v) is 8.61. The van der Waals surface area contributed by atoms with E-state index in [0.29, 0.717) is 30.3 Å². The van der Waals surface area contributed by atoms with Gasteiger partial charge in [-0.1, -0.05) is 6.07 Å². The van der Waals surface area contributed by atoms with E-state index in [1.807, 2.05) is 41.4 Å². The summed E-state index contributed by atoms with van der Waals surface area (Å²) in [5.74, 6) is 1.42. The minimum Gasteiger partial charge on any atom is -0.486 e. The van der Waals surface area contributed by atoms with Gasteiger partial charge in [0.1, 0.15) is 13.2 Å². The smallest absolute Gasteiger partial charge is 0.254 e. The van der Waals surface area contributed by atoms with Crippen LogP contribution in [0.4, 0.5) is 0 Å². The first-order chi connectivity index (χ1) is 12.3. The third-order valence-electron chi connectivity index (χ3n) is 4.56. The van der Waals surface area contributed by atoms with Gasteiger partial charge in [-0.15, -0.1) is 0 Å². The zero-order chi connectivity index (χ0) is 17.1. The normalized spacial score (nSPS) is 17.4. The molecule has 2 aromatic rings. The molecule has 130 valence electrons. The molecule has 1 fully saturated rings. The van der Waals surface area contributed by atoms with E-state index in [0.717, 1.165) is 38.4 Å². The highest BCUT2D eigenvalue weighted by molar-refractivity contribution is 5.95. The van der Waals surface area contributed by atoms with E-state index < -0.39 is 0 Å². The molecule has 0 spiro atoms. The van der Waals surface area contributed by atoms with E-state index in [1.54, 1.807) is 6.07 Å². The van der Waals surface area contributed by atoms with Crippen LogP contribution in [0, 0.1) is 0 Å². The molecule has 0 radical (unpaired) electrons. The number of amides is 1. The fraction of sp³-hybridized carbons (Fsp3) is 0.368. The number of hydrogen-bond acceptors (Lipinski definition) is 5. The lowest BCUT2D eigenvalue weighted by atomic mass is 10.1. The predicted octanol–water partition coefficient (Wildman–Crippen LogP) is 1.81. The zero-order valence-corrected chi connectivity index (χ0v) is 14.1. The number of fused-ring (bicyclic) bond motifs is 1. The SMILES string of the molecule is O=C(c1ccc2c(c1)OCCO2)N1CCN(Cc2ccccn2)CC1. The monoisotopic (exact) mass is 339 g/mol. The summed E-state index contributed by atoms with van der Waals surface area (Å²) in [6, 6.07) is 11.4. The molecule has 1 aromatic heterocycles. The molecule has 4 rings (SSSR count). The second-order valence-corrected chi connectivity index (χ2v) is 6.25. The van der Waals surface area contributed by atoms with E-state index in [9.17, 15) is 4.79 Å². The van der Waals surface area contributed by atoms with Crippen LogP contribution in [0.2, 0.25) is 0 Å². The van der Waals surface area contributed by atoms with E-state index in [2.05, 4.69) is 9.88 Å². The van der Waals surface area contributed by atoms with Crippen LogP contribution in [0.25, 0.3) is 0 Å². The van der Waals surface area contributed by atoms with Crippen LogP contribution in [0.5, 0.6) is 11.5 Å². The van der Waals surface area contributed by atoms with Crippen LogP contribution in [-0.4, -0.2) is 60.1 Å². The Kier molecular flexibility index (Phi) is 4.52. The lowest BCUT2D eigenvalue weighted by molar-refractivity contribution is 0.0626. The third-order valence-corrected chi connectivity index (χ3v) is 4.56. The van der Waals surface area contributed by atoms with Crippen molar-refractivity contribution in [3.8, 4) is 11.5 Å². The fourth-order valence-corrected chi connectivity index (χ4v) is 3.19. The Hall–Kier alpha value is -2.60. The van der Waals surface area contributed by atoms with Crippen molar-refractivity contribution in [3.63, 3.8) is 0 Å². The highest BCUT2D eigenvalue weighted by atomic mass is 16.6. The molecule has 6 nitrogen and oxygen atoms in total. The Balaban J connectivity index is 1.36. The molecular weight excluding hydrogens is 318 g/mol. The molecule has 0 saturated carbocycles. The van der Waals surface area contributed by atoms with Crippen LogP contribution in [0.3, 0.4) is 0 Å². The summed E-state index contributed by atoms with van der Waals surface area (Å²) in [4.78, 5) is 21.3. The zero-order valence-electron chi connectivity index (χ0n) is 14.1. The highest BCUT2D eigenvalue weighted by Crippen LogP contribution is 2.31. The lowest BCUT2D eigenvalue weighted by Crippen LogP contribution is -2.48. The number of ether oxygens (including phenoxy) is 2. The second kappa shape index (κ2) is 7.11. The molecule has 2 aliphatic heterocycles. The van der Waals surface area contributed by atoms with Gasteiger partial charge in [-0.3, -0.25) is 14.7 Å². The van der Waals surface area contributed by atoms with E-state index in [4.69, 9.17) is 9.47 Å². The standard InChI is InChI=1S/C19H21N3O3/c23-19(15-4-5-17-18(13-15)25-12-11-24-17)22-9-7-21(8-10-22)14-16-3-1-2-6-20-16/h1-6,13H,7-12,14H2. The van der Waals surface area contributed by atoms with Gasteiger partial charge in [-0.05, 0) is 30.3 Å². The minimum atomic E-state index is 0.0504. The van der Waals surface area contributed by atoms with Gasteiger partial charge < -0.3 is 14.4 Å². The van der Waals surface area contributed by atoms with Gasteiger partial charge in [0.2, 0.25) is 0 Å². The van der Waals surface area contributed by atoms with Gasteiger partial charge in [0.15, 0.2) is 11.5 Å². The quantitative estimate of drug-likeness (QED) is 0.854. The fourth-order valence-electron chi connectivity index (χ4n) is 3.19. The number of benzene rings is 1. The number of rotatable bonds is 3. The van der Waals surface area contributed by atoms with Crippen molar-refractivity contribution in [1.82, 2.24) is 14.8 Å². The molecule has 6 heteroatoms. The maximum atomic E-state index is 12.7. The number of aromatic nitrogens is 1. The van der Waals surface area contributed by atoms with Crippen molar-refractivity contribution in [2.75, 3.05) is 39.4 Å². The van der Waals surface area contributed by atoms with Crippen molar-refractivity contribution < 1.29 is 14.3 Å². The topological polar surface area (TPSA) is 54.9 Å². The van der Waals surface area contributed by atoms with Gasteiger partial charge in [-0.25, -0.2) is 0 Å². The molecular formula is C19H21N3O3.